The Morgan fingerprint density at radius 2 is 2.35 bits per heavy atom. The molecule has 5 N–H and O–H groups in total. The second-order valence-corrected chi connectivity index (χ2v) is 7.64. The van der Waals surface area contributed by atoms with Gasteiger partial charge < -0.3 is 20.3 Å². The van der Waals surface area contributed by atoms with Gasteiger partial charge in [-0.3, -0.25) is 14.3 Å². The number of nitrogens with one attached hydrogen (secondary N) is 1. The van der Waals surface area contributed by atoms with Crippen LogP contribution in [0.2, 0.25) is 0 Å². The zero-order valence-electron chi connectivity index (χ0n) is 12.1. The van der Waals surface area contributed by atoms with Crippen molar-refractivity contribution in [2.45, 2.75) is 25.6 Å². The van der Waals surface area contributed by atoms with Crippen molar-refractivity contribution in [3.63, 3.8) is 0 Å². The second kappa shape index (κ2) is 5.97. The van der Waals surface area contributed by atoms with Gasteiger partial charge in [-0.2, -0.15) is 0 Å². The number of phosphoric acid groups is 1. The monoisotopic (exact) mass is 361 g/mol. The molecule has 2 aromatic heterocycles. The molecule has 1 fully saturated rings. The van der Waals surface area contributed by atoms with Crippen LogP contribution in [0.1, 0.15) is 24.3 Å². The van der Waals surface area contributed by atoms with E-state index in [0.29, 0.717) is 17.3 Å². The van der Waals surface area contributed by atoms with Gasteiger partial charge in [0.2, 0.25) is 5.95 Å². The third-order valence-corrected chi connectivity index (χ3v) is 5.21. The first-order chi connectivity index (χ1) is 10.7. The molecule has 0 radical (unpaired) electrons. The number of rotatable bonds is 4. The Kier molecular flexibility index (Phi) is 4.30. The fourth-order valence-corrected chi connectivity index (χ4v) is 4.23. The topological polar surface area (TPSA) is 148 Å². The molecule has 1 saturated heterocycles. The van der Waals surface area contributed by atoms with Gasteiger partial charge in [0.05, 0.1) is 34.6 Å². The van der Waals surface area contributed by atoms with Crippen molar-refractivity contribution in [3.8, 4) is 0 Å². The van der Waals surface area contributed by atoms with Gasteiger partial charge in [-0.05, 0) is 12.3 Å². The van der Waals surface area contributed by atoms with E-state index < -0.39 is 13.9 Å². The van der Waals surface area contributed by atoms with E-state index in [1.54, 1.807) is 5.38 Å². The van der Waals surface area contributed by atoms with Crippen molar-refractivity contribution in [1.82, 2.24) is 9.97 Å². The van der Waals surface area contributed by atoms with Gasteiger partial charge in [-0.25, -0.2) is 9.55 Å². The summed E-state index contributed by atoms with van der Waals surface area (Å²) < 4.78 is 21.1. The molecule has 126 valence electrons. The minimum Gasteiger partial charge on any atom is -0.369 e. The van der Waals surface area contributed by atoms with Crippen LogP contribution in [0.5, 0.6) is 0 Å². The predicted molar refractivity (Wildman–Crippen MR) is 84.0 cm³/mol. The number of fused-ring (bicyclic) bond motifs is 1. The summed E-state index contributed by atoms with van der Waals surface area (Å²) in [5.41, 5.74) is 5.80. The average Bonchev–Trinajstić information content (AvgIpc) is 2.99. The smallest absolute Gasteiger partial charge is 0.369 e. The summed E-state index contributed by atoms with van der Waals surface area (Å²) in [6.45, 7) is 1.77. The van der Waals surface area contributed by atoms with E-state index in [0.717, 1.165) is 4.88 Å². The third-order valence-electron chi connectivity index (χ3n) is 3.69. The van der Waals surface area contributed by atoms with Crippen molar-refractivity contribution < 1.29 is 23.6 Å². The highest BCUT2D eigenvalue weighted by atomic mass is 32.1. The maximum atomic E-state index is 11.9. The Labute approximate surface area is 134 Å². The highest BCUT2D eigenvalue weighted by Crippen LogP contribution is 2.44. The van der Waals surface area contributed by atoms with E-state index in [1.807, 2.05) is 6.92 Å². The lowest BCUT2D eigenvalue weighted by atomic mass is 10.0. The minimum absolute atomic E-state index is 0.0363. The van der Waals surface area contributed by atoms with E-state index in [1.165, 1.54) is 11.3 Å². The first-order valence-corrected chi connectivity index (χ1v) is 9.28. The second-order valence-electron chi connectivity index (χ2n) is 5.49. The van der Waals surface area contributed by atoms with Crippen molar-refractivity contribution in [1.29, 1.82) is 0 Å². The fourth-order valence-electron chi connectivity index (χ4n) is 2.72. The quantitative estimate of drug-likeness (QED) is 0.593. The SMILES string of the molecule is CC1CC(COP(=O)(O)O)OC1c1scc2c(=O)[nH]c(N)nc12. The Morgan fingerprint density at radius 3 is 3.04 bits per heavy atom. The number of aromatic amines is 1. The van der Waals surface area contributed by atoms with Crippen LogP contribution < -0.4 is 11.3 Å². The molecule has 11 heteroatoms. The number of aromatic nitrogens is 2. The largest absolute Gasteiger partial charge is 0.469 e. The predicted octanol–water partition coefficient (Wildman–Crippen LogP) is 1.14. The maximum absolute atomic E-state index is 11.9. The van der Waals surface area contributed by atoms with E-state index in [9.17, 15) is 9.36 Å². The summed E-state index contributed by atoms with van der Waals surface area (Å²) in [6, 6.07) is 0. The number of ether oxygens (including phenoxy) is 1. The number of nitrogen functional groups attached to an aromatic ring is 1. The van der Waals surface area contributed by atoms with Crippen LogP contribution in [0, 0.1) is 5.92 Å². The number of hydrogen-bond acceptors (Lipinski definition) is 7. The molecule has 9 nitrogen and oxygen atoms in total. The van der Waals surface area contributed by atoms with Crippen molar-refractivity contribution in [2.75, 3.05) is 12.3 Å². The Hall–Kier alpha value is -1.29. The van der Waals surface area contributed by atoms with E-state index >= 15 is 0 Å². The highest BCUT2D eigenvalue weighted by Gasteiger charge is 2.36. The Morgan fingerprint density at radius 1 is 1.61 bits per heavy atom. The fraction of sp³-hybridized carbons (Fsp3) is 0.500. The number of nitrogens with two attached hydrogens (primary N) is 1. The number of H-pyrrole nitrogens is 1. The summed E-state index contributed by atoms with van der Waals surface area (Å²) >= 11 is 1.35. The third kappa shape index (κ3) is 3.47. The summed E-state index contributed by atoms with van der Waals surface area (Å²) in [6.07, 6.45) is -0.168. The maximum Gasteiger partial charge on any atom is 0.469 e. The van der Waals surface area contributed by atoms with Gasteiger partial charge >= 0.3 is 7.82 Å². The first-order valence-electron chi connectivity index (χ1n) is 6.87. The van der Waals surface area contributed by atoms with Gasteiger partial charge in [0.15, 0.2) is 0 Å². The minimum atomic E-state index is -4.52. The molecule has 3 atom stereocenters. The molecule has 2 aromatic rings. The number of thiophene rings is 1. The molecular weight excluding hydrogens is 345 g/mol. The summed E-state index contributed by atoms with van der Waals surface area (Å²) in [7, 11) is -4.52. The van der Waals surface area contributed by atoms with Crippen LogP contribution in [0.15, 0.2) is 10.2 Å². The lowest BCUT2D eigenvalue weighted by molar-refractivity contribution is 0.00667. The zero-order valence-corrected chi connectivity index (χ0v) is 13.8. The van der Waals surface area contributed by atoms with Crippen LogP contribution in [0.25, 0.3) is 10.9 Å². The summed E-state index contributed by atoms with van der Waals surface area (Å²) in [4.78, 5) is 36.8. The molecule has 0 bridgehead atoms. The number of phosphoric ester groups is 1. The molecule has 1 aliphatic heterocycles. The van der Waals surface area contributed by atoms with E-state index in [2.05, 4.69) is 14.5 Å². The molecule has 3 unspecified atom stereocenters. The molecule has 0 aromatic carbocycles. The molecule has 0 saturated carbocycles. The average molecular weight is 361 g/mol. The van der Waals surface area contributed by atoms with Crippen LogP contribution in [-0.2, 0) is 13.8 Å². The van der Waals surface area contributed by atoms with Gasteiger partial charge in [0, 0.05) is 5.38 Å². The van der Waals surface area contributed by atoms with Crippen molar-refractivity contribution in [2.24, 2.45) is 5.92 Å². The Bertz CT molecular complexity index is 830. The van der Waals surface area contributed by atoms with Gasteiger partial charge in [0.25, 0.3) is 5.56 Å². The molecule has 3 heterocycles. The standard InChI is InChI=1S/C12H16N3O6PS/c1-5-2-6(3-20-22(17,18)19)21-9(5)10-8-7(4-23-10)11(16)15-12(13)14-8/h4-6,9H,2-3H2,1H3,(H2,17,18,19)(H3,13,14,15,16). The highest BCUT2D eigenvalue weighted by molar-refractivity contribution is 7.46. The zero-order chi connectivity index (χ0) is 16.8. The normalized spacial score (nSPS) is 25.3. The van der Waals surface area contributed by atoms with Crippen LogP contribution in [-0.4, -0.2) is 32.5 Å². The summed E-state index contributed by atoms with van der Waals surface area (Å²) in [5.74, 6) is 0.124. The van der Waals surface area contributed by atoms with Crippen LogP contribution in [0.4, 0.5) is 5.95 Å². The lowest BCUT2D eigenvalue weighted by Crippen LogP contribution is -2.14. The molecule has 0 aliphatic carbocycles. The molecule has 0 amide bonds. The van der Waals surface area contributed by atoms with Gasteiger partial charge in [-0.15, -0.1) is 11.3 Å². The first kappa shape index (κ1) is 16.6. The van der Waals surface area contributed by atoms with E-state index in [4.69, 9.17) is 20.3 Å². The van der Waals surface area contributed by atoms with Crippen molar-refractivity contribution >= 4 is 36.0 Å². The van der Waals surface area contributed by atoms with Crippen LogP contribution >= 0.6 is 19.2 Å². The van der Waals surface area contributed by atoms with E-state index in [-0.39, 0.29) is 30.1 Å². The Balaban J connectivity index is 1.85. The lowest BCUT2D eigenvalue weighted by Gasteiger charge is -2.15. The summed E-state index contributed by atoms with van der Waals surface area (Å²) in [5, 5.41) is 2.15. The number of nitrogens with zero attached hydrogens (tertiary/aromatic N) is 1. The van der Waals surface area contributed by atoms with Gasteiger partial charge in [-0.1, -0.05) is 6.92 Å². The molecule has 1 aliphatic rings. The van der Waals surface area contributed by atoms with Crippen molar-refractivity contribution in [3.05, 3.63) is 20.6 Å². The molecule has 23 heavy (non-hydrogen) atoms. The van der Waals surface area contributed by atoms with Crippen LogP contribution in [0.3, 0.4) is 0 Å². The molecule has 3 rings (SSSR count). The molecule has 0 spiro atoms. The molecular formula is C12H16N3O6PS. The van der Waals surface area contributed by atoms with Gasteiger partial charge in [0.1, 0.15) is 0 Å². The number of hydrogen-bond donors (Lipinski definition) is 4. The number of anilines is 1.